The van der Waals surface area contributed by atoms with Crippen LogP contribution >= 0.6 is 0 Å². The first-order valence-electron chi connectivity index (χ1n) is 13.8. The van der Waals surface area contributed by atoms with Crippen LogP contribution in [0.1, 0.15) is 26.3 Å². The average molecular weight is 537 g/mol. The Bertz CT molecular complexity index is 1250. The number of aromatic nitrogens is 2. The van der Waals surface area contributed by atoms with E-state index < -0.39 is 11.2 Å². The number of piperidine rings is 1. The van der Waals surface area contributed by atoms with Crippen LogP contribution in [-0.2, 0) is 11.2 Å². The van der Waals surface area contributed by atoms with Crippen molar-refractivity contribution in [1.29, 1.82) is 0 Å². The molecule has 3 heterocycles. The van der Waals surface area contributed by atoms with Crippen molar-refractivity contribution < 1.29 is 9.59 Å². The molecule has 3 aliphatic rings. The molecule has 2 unspecified atom stereocenters. The number of nitrogens with one attached hydrogen (secondary N) is 1. The van der Waals surface area contributed by atoms with E-state index in [1.165, 1.54) is 10.1 Å². The Morgan fingerprint density at radius 1 is 1.05 bits per heavy atom. The highest BCUT2D eigenvalue weighted by Crippen LogP contribution is 2.51. The molecule has 11 heteroatoms. The van der Waals surface area contributed by atoms with Crippen LogP contribution in [0.25, 0.3) is 5.69 Å². The van der Waals surface area contributed by atoms with Crippen molar-refractivity contribution in [1.82, 2.24) is 24.3 Å². The van der Waals surface area contributed by atoms with E-state index in [0.717, 1.165) is 49.5 Å². The number of urea groups is 1. The minimum absolute atomic E-state index is 0.140. The summed E-state index contributed by atoms with van der Waals surface area (Å²) in [6.45, 7) is 10.3. The van der Waals surface area contributed by atoms with Crippen LogP contribution in [-0.4, -0.2) is 93.6 Å². The Morgan fingerprint density at radius 3 is 2.23 bits per heavy atom. The molecule has 0 spiro atoms. The minimum Gasteiger partial charge on any atom is -0.338 e. The van der Waals surface area contributed by atoms with Crippen LogP contribution in [0.4, 0.5) is 10.6 Å². The zero-order valence-corrected chi connectivity index (χ0v) is 23.0. The van der Waals surface area contributed by atoms with Gasteiger partial charge < -0.3 is 21.3 Å². The van der Waals surface area contributed by atoms with Gasteiger partial charge in [0.1, 0.15) is 5.82 Å². The number of piperazine rings is 1. The van der Waals surface area contributed by atoms with Crippen LogP contribution < -0.4 is 22.5 Å². The molecule has 2 aliphatic heterocycles. The number of carbonyl (C=O) groups is 2. The maximum atomic E-state index is 12.7. The van der Waals surface area contributed by atoms with E-state index in [9.17, 15) is 14.4 Å². The largest absolute Gasteiger partial charge is 0.354 e. The molecule has 1 aliphatic carbocycles. The zero-order chi connectivity index (χ0) is 27.9. The molecule has 1 saturated carbocycles. The number of anilines is 1. The Balaban J connectivity index is 1.13. The standard InChI is InChI=1S/C28H40N8O3/c1-18(35-16-22-21(15-29)23(22)17-35)14-19-4-6-20(7-5-19)36-9-8-24(32-27(36)39)31-26(38)34-12-10-33(11-13-34)25(37)28(2,3)30/h4-9,18,21-23H,10-17,29-30H2,1-3H3,(H,31,32,38,39)/t18-,21?,22?,23?/m0/s1. The average Bonchev–Trinajstić information content (AvgIpc) is 3.38. The summed E-state index contributed by atoms with van der Waals surface area (Å²) in [6.07, 6.45) is 2.57. The van der Waals surface area contributed by atoms with Gasteiger partial charge in [0.15, 0.2) is 0 Å². The summed E-state index contributed by atoms with van der Waals surface area (Å²) in [6, 6.07) is 9.70. The van der Waals surface area contributed by atoms with E-state index in [2.05, 4.69) is 34.3 Å². The van der Waals surface area contributed by atoms with E-state index in [1.54, 1.807) is 35.9 Å². The molecule has 0 bridgehead atoms. The second-order valence-electron chi connectivity index (χ2n) is 11.8. The summed E-state index contributed by atoms with van der Waals surface area (Å²) in [7, 11) is 0. The molecule has 0 radical (unpaired) electrons. The topological polar surface area (TPSA) is 143 Å². The first kappa shape index (κ1) is 27.3. The number of hydrogen-bond acceptors (Lipinski definition) is 7. The van der Waals surface area contributed by atoms with Crippen LogP contribution in [0.15, 0.2) is 41.3 Å². The van der Waals surface area contributed by atoms with E-state index in [0.29, 0.717) is 32.2 Å². The van der Waals surface area contributed by atoms with Crippen molar-refractivity contribution in [2.24, 2.45) is 29.2 Å². The SMILES string of the molecule is C[C@@H](Cc1ccc(-n2ccc(NC(=O)N3CCN(C(=O)C(C)(C)N)CC3)nc2=O)cc1)N1CC2C(CN)C2C1. The van der Waals surface area contributed by atoms with Gasteiger partial charge in [-0.15, -0.1) is 0 Å². The Morgan fingerprint density at radius 2 is 1.67 bits per heavy atom. The lowest BCUT2D eigenvalue weighted by Gasteiger charge is -2.37. The Labute approximate surface area is 229 Å². The van der Waals surface area contributed by atoms with Crippen molar-refractivity contribution in [3.63, 3.8) is 0 Å². The van der Waals surface area contributed by atoms with Crippen LogP contribution in [0.3, 0.4) is 0 Å². The molecule has 2 aromatic rings. The molecular formula is C28H40N8O3. The lowest BCUT2D eigenvalue weighted by molar-refractivity contribution is -0.137. The number of amides is 3. The fourth-order valence-electron chi connectivity index (χ4n) is 6.03. The van der Waals surface area contributed by atoms with Gasteiger partial charge >= 0.3 is 11.7 Å². The number of benzene rings is 1. The molecule has 1 aromatic carbocycles. The normalized spacial score (nSPS) is 23.9. The van der Waals surface area contributed by atoms with Crippen LogP contribution in [0.2, 0.25) is 0 Å². The highest BCUT2D eigenvalue weighted by molar-refractivity contribution is 5.89. The first-order chi connectivity index (χ1) is 18.5. The van der Waals surface area contributed by atoms with Crippen LogP contribution in [0.5, 0.6) is 0 Å². The van der Waals surface area contributed by atoms with Crippen molar-refractivity contribution in [3.8, 4) is 5.69 Å². The predicted octanol–water partition coefficient (Wildman–Crippen LogP) is 0.713. The van der Waals surface area contributed by atoms with E-state index in [1.807, 2.05) is 12.1 Å². The van der Waals surface area contributed by atoms with Crippen molar-refractivity contribution in [2.75, 3.05) is 51.1 Å². The van der Waals surface area contributed by atoms with Crippen LogP contribution in [0, 0.1) is 17.8 Å². The van der Waals surface area contributed by atoms with Gasteiger partial charge in [-0.1, -0.05) is 12.1 Å². The summed E-state index contributed by atoms with van der Waals surface area (Å²) < 4.78 is 1.46. The highest BCUT2D eigenvalue weighted by Gasteiger charge is 2.55. The molecule has 210 valence electrons. The predicted molar refractivity (Wildman–Crippen MR) is 150 cm³/mol. The number of nitrogens with two attached hydrogens (primary N) is 2. The maximum absolute atomic E-state index is 12.7. The van der Waals surface area contributed by atoms with Gasteiger partial charge in [-0.3, -0.25) is 19.6 Å². The maximum Gasteiger partial charge on any atom is 0.354 e. The molecule has 2 saturated heterocycles. The fraction of sp³-hybridized carbons (Fsp3) is 0.571. The third-order valence-electron chi connectivity index (χ3n) is 8.48. The number of hydrogen-bond donors (Lipinski definition) is 3. The number of fused-ring (bicyclic) bond motifs is 1. The van der Waals surface area contributed by atoms with E-state index in [-0.39, 0.29) is 17.8 Å². The fourth-order valence-corrected chi connectivity index (χ4v) is 6.03. The van der Waals surface area contributed by atoms with Gasteiger partial charge in [0.2, 0.25) is 5.91 Å². The molecule has 3 amide bonds. The monoisotopic (exact) mass is 536 g/mol. The quantitative estimate of drug-likeness (QED) is 0.473. The van der Waals surface area contributed by atoms with E-state index >= 15 is 0 Å². The van der Waals surface area contributed by atoms with Gasteiger partial charge in [-0.2, -0.15) is 4.98 Å². The smallest absolute Gasteiger partial charge is 0.338 e. The number of likely N-dealkylation sites (tertiary alicyclic amines) is 1. The molecule has 5 N–H and O–H groups in total. The Kier molecular flexibility index (Phi) is 7.49. The third kappa shape index (κ3) is 5.85. The van der Waals surface area contributed by atoms with Crippen molar-refractivity contribution in [3.05, 3.63) is 52.6 Å². The highest BCUT2D eigenvalue weighted by atomic mass is 16.2. The molecule has 5 rings (SSSR count). The van der Waals surface area contributed by atoms with Gasteiger partial charge in [0.25, 0.3) is 0 Å². The summed E-state index contributed by atoms with van der Waals surface area (Å²) >= 11 is 0. The summed E-state index contributed by atoms with van der Waals surface area (Å²) in [5.74, 6) is 2.36. The Hall–Kier alpha value is -3.28. The second kappa shape index (κ2) is 10.7. The summed E-state index contributed by atoms with van der Waals surface area (Å²) in [5, 5.41) is 2.70. The first-order valence-corrected chi connectivity index (χ1v) is 13.8. The second-order valence-corrected chi connectivity index (χ2v) is 11.8. The third-order valence-corrected chi connectivity index (χ3v) is 8.48. The van der Waals surface area contributed by atoms with Gasteiger partial charge in [0, 0.05) is 51.5 Å². The lowest BCUT2D eigenvalue weighted by atomic mass is 10.0. The summed E-state index contributed by atoms with van der Waals surface area (Å²) in [5.41, 5.74) is 12.3. The number of nitrogens with zero attached hydrogens (tertiary/aromatic N) is 5. The van der Waals surface area contributed by atoms with E-state index in [4.69, 9.17) is 11.5 Å². The van der Waals surface area contributed by atoms with Crippen molar-refractivity contribution in [2.45, 2.75) is 38.8 Å². The lowest BCUT2D eigenvalue weighted by Crippen LogP contribution is -2.58. The molecule has 11 nitrogen and oxygen atoms in total. The number of carbonyl (C=O) groups excluding carboxylic acids is 2. The van der Waals surface area contributed by atoms with Gasteiger partial charge in [-0.05, 0) is 75.3 Å². The molecule has 39 heavy (non-hydrogen) atoms. The minimum atomic E-state index is -0.945. The van der Waals surface area contributed by atoms with Crippen molar-refractivity contribution >= 4 is 17.8 Å². The molecular weight excluding hydrogens is 496 g/mol. The summed E-state index contributed by atoms with van der Waals surface area (Å²) in [4.78, 5) is 47.7. The zero-order valence-electron chi connectivity index (χ0n) is 23.0. The van der Waals surface area contributed by atoms with Gasteiger partial charge in [0.05, 0.1) is 11.2 Å². The molecule has 3 fully saturated rings. The van der Waals surface area contributed by atoms with Gasteiger partial charge in [-0.25, -0.2) is 9.59 Å². The number of rotatable bonds is 7. The molecule has 3 atom stereocenters. The molecule has 1 aromatic heterocycles.